The SMILES string of the molecule is CN(C)[n+]1cc(NC(=O)CSc2nc3c(cc2C#N)CC(c2ccccc2)CC3)on1. The molecule has 31 heavy (non-hydrogen) atoms. The number of thioether (sulfide) groups is 1. The van der Waals surface area contributed by atoms with Gasteiger partial charge >= 0.3 is 5.88 Å². The Bertz CT molecular complexity index is 1120. The Balaban J connectivity index is 1.42. The molecule has 158 valence electrons. The first kappa shape index (κ1) is 20.9. The molecule has 9 heteroatoms. The minimum absolute atomic E-state index is 0.121. The van der Waals surface area contributed by atoms with Crippen LogP contribution in [0, 0.1) is 11.3 Å². The zero-order chi connectivity index (χ0) is 21.8. The van der Waals surface area contributed by atoms with Gasteiger partial charge in [-0.05, 0) is 42.4 Å². The maximum absolute atomic E-state index is 12.3. The van der Waals surface area contributed by atoms with Crippen LogP contribution in [0.3, 0.4) is 0 Å². The number of amides is 1. The Hall–Kier alpha value is -3.38. The molecule has 0 aliphatic heterocycles. The van der Waals surface area contributed by atoms with Crippen LogP contribution in [0.5, 0.6) is 0 Å². The predicted octanol–water partition coefficient (Wildman–Crippen LogP) is 2.43. The third-order valence-corrected chi connectivity index (χ3v) is 6.20. The van der Waals surface area contributed by atoms with Crippen LogP contribution in [0.15, 0.2) is 52.1 Å². The highest BCUT2D eigenvalue weighted by atomic mass is 32.2. The van der Waals surface area contributed by atoms with Crippen molar-refractivity contribution in [3.05, 3.63) is 65.0 Å². The number of nitrogens with zero attached hydrogens (tertiary/aromatic N) is 5. The van der Waals surface area contributed by atoms with Crippen molar-refractivity contribution in [1.82, 2.24) is 10.3 Å². The number of nitriles is 1. The number of aromatic nitrogens is 3. The average Bonchev–Trinajstić information content (AvgIpc) is 3.26. The zero-order valence-corrected chi connectivity index (χ0v) is 18.2. The van der Waals surface area contributed by atoms with Gasteiger partial charge in [-0.2, -0.15) is 10.3 Å². The van der Waals surface area contributed by atoms with Gasteiger partial charge < -0.3 is 0 Å². The molecule has 1 aliphatic rings. The van der Waals surface area contributed by atoms with Crippen LogP contribution in [0.1, 0.15) is 34.7 Å². The van der Waals surface area contributed by atoms with Gasteiger partial charge in [0.1, 0.15) is 11.1 Å². The number of pyridine rings is 1. The number of rotatable bonds is 6. The normalized spacial score (nSPS) is 15.1. The molecule has 1 N–H and O–H groups in total. The second kappa shape index (κ2) is 9.18. The number of hydrogen-bond acceptors (Lipinski definition) is 7. The summed E-state index contributed by atoms with van der Waals surface area (Å²) in [4.78, 5) is 18.5. The standard InChI is InChI=1S/C22H22N6O2S/c1-27(2)28-13-21(30-26-28)25-20(29)14-31-22-18(12-23)11-17-10-16(8-9-19(17)24-22)15-6-4-3-5-7-15/h3-7,11,13,16H,8-10,14H2,1-2H3/p+1. The molecule has 8 nitrogen and oxygen atoms in total. The van der Waals surface area contributed by atoms with E-state index in [1.165, 1.54) is 22.1 Å². The number of nitrogens with one attached hydrogen (secondary N) is 1. The van der Waals surface area contributed by atoms with E-state index in [4.69, 9.17) is 9.51 Å². The lowest BCUT2D eigenvalue weighted by molar-refractivity contribution is -0.753. The zero-order valence-electron chi connectivity index (χ0n) is 17.4. The van der Waals surface area contributed by atoms with E-state index in [1.807, 2.05) is 12.1 Å². The Kier molecular flexibility index (Phi) is 6.18. The average molecular weight is 436 g/mol. The summed E-state index contributed by atoms with van der Waals surface area (Å²) in [6.45, 7) is 0. The van der Waals surface area contributed by atoms with Crippen molar-refractivity contribution in [3.8, 4) is 6.07 Å². The molecule has 1 aromatic carbocycles. The van der Waals surface area contributed by atoms with Crippen LogP contribution in [0.25, 0.3) is 0 Å². The highest BCUT2D eigenvalue weighted by Crippen LogP contribution is 2.34. The number of anilines is 1. The maximum Gasteiger partial charge on any atom is 0.305 e. The molecule has 0 saturated heterocycles. The van der Waals surface area contributed by atoms with Gasteiger partial charge in [0.2, 0.25) is 11.2 Å². The van der Waals surface area contributed by atoms with Gasteiger partial charge in [0.05, 0.1) is 30.2 Å². The molecular weight excluding hydrogens is 412 g/mol. The number of hydrogen-bond donors (Lipinski definition) is 1. The van der Waals surface area contributed by atoms with E-state index in [9.17, 15) is 10.1 Å². The molecule has 0 bridgehead atoms. The van der Waals surface area contributed by atoms with Crippen molar-refractivity contribution >= 4 is 23.6 Å². The molecule has 4 rings (SSSR count). The molecule has 1 amide bonds. The summed E-state index contributed by atoms with van der Waals surface area (Å²) in [5, 5.41) is 18.4. The lowest BCUT2D eigenvalue weighted by atomic mass is 9.82. The second-order valence-corrected chi connectivity index (χ2v) is 8.54. The fourth-order valence-corrected chi connectivity index (χ4v) is 4.41. The lowest BCUT2D eigenvalue weighted by Crippen LogP contribution is -2.53. The quantitative estimate of drug-likeness (QED) is 0.469. The van der Waals surface area contributed by atoms with Crippen molar-refractivity contribution in [1.29, 1.82) is 5.26 Å². The van der Waals surface area contributed by atoms with Gasteiger partial charge in [-0.3, -0.25) is 14.6 Å². The Morgan fingerprint density at radius 2 is 2.19 bits per heavy atom. The number of benzene rings is 1. The van der Waals surface area contributed by atoms with Crippen molar-refractivity contribution in [2.45, 2.75) is 30.2 Å². The summed E-state index contributed by atoms with van der Waals surface area (Å²) in [6.07, 6.45) is 4.34. The Morgan fingerprint density at radius 3 is 2.90 bits per heavy atom. The first-order valence-electron chi connectivity index (χ1n) is 10.00. The minimum atomic E-state index is -0.250. The topological polar surface area (TPSA) is 98.9 Å². The molecule has 0 fully saturated rings. The third-order valence-electron chi connectivity index (χ3n) is 5.21. The summed E-state index contributed by atoms with van der Waals surface area (Å²) in [5.74, 6) is 0.568. The van der Waals surface area contributed by atoms with Crippen LogP contribution in [-0.4, -0.2) is 36.0 Å². The van der Waals surface area contributed by atoms with Gasteiger partial charge in [-0.15, -0.1) is 0 Å². The van der Waals surface area contributed by atoms with E-state index >= 15 is 0 Å². The fourth-order valence-electron chi connectivity index (χ4n) is 3.63. The summed E-state index contributed by atoms with van der Waals surface area (Å²) in [6, 6.07) is 14.6. The minimum Gasteiger partial charge on any atom is -0.288 e. The van der Waals surface area contributed by atoms with E-state index in [1.54, 1.807) is 25.3 Å². The largest absolute Gasteiger partial charge is 0.305 e. The van der Waals surface area contributed by atoms with Crippen LogP contribution in [0.4, 0.5) is 5.88 Å². The summed E-state index contributed by atoms with van der Waals surface area (Å²) in [5.41, 5.74) is 3.98. The first-order chi connectivity index (χ1) is 15.0. The van der Waals surface area contributed by atoms with E-state index < -0.39 is 0 Å². The Labute approximate surface area is 184 Å². The van der Waals surface area contributed by atoms with Gasteiger partial charge in [0.25, 0.3) is 6.20 Å². The molecule has 1 unspecified atom stereocenters. The van der Waals surface area contributed by atoms with E-state index in [-0.39, 0.29) is 17.5 Å². The molecule has 2 aromatic heterocycles. The molecule has 0 saturated carbocycles. The van der Waals surface area contributed by atoms with Crippen molar-refractivity contribution in [2.75, 3.05) is 30.2 Å². The highest BCUT2D eigenvalue weighted by Gasteiger charge is 2.23. The molecule has 1 atom stereocenters. The number of carbonyl (C=O) groups is 1. The number of aryl methyl sites for hydroxylation is 1. The fraction of sp³-hybridized carbons (Fsp3) is 0.318. The predicted molar refractivity (Wildman–Crippen MR) is 116 cm³/mol. The Morgan fingerprint density at radius 1 is 1.39 bits per heavy atom. The highest BCUT2D eigenvalue weighted by molar-refractivity contribution is 8.00. The smallest absolute Gasteiger partial charge is 0.288 e. The van der Waals surface area contributed by atoms with Gasteiger partial charge in [-0.25, -0.2) is 4.98 Å². The third kappa shape index (κ3) is 4.86. The molecule has 2 heterocycles. The van der Waals surface area contributed by atoms with Crippen LogP contribution < -0.4 is 15.1 Å². The summed E-state index contributed by atoms with van der Waals surface area (Å²) < 4.78 is 5.08. The molecule has 1 aliphatic carbocycles. The maximum atomic E-state index is 12.3. The molecule has 0 radical (unpaired) electrons. The monoisotopic (exact) mass is 435 g/mol. The van der Waals surface area contributed by atoms with Crippen molar-refractivity contribution in [2.24, 2.45) is 0 Å². The number of carbonyl (C=O) groups excluding carboxylic acids is 1. The first-order valence-corrected chi connectivity index (χ1v) is 11.0. The number of fused-ring (bicyclic) bond motifs is 1. The van der Waals surface area contributed by atoms with Crippen molar-refractivity contribution in [3.63, 3.8) is 0 Å². The second-order valence-electron chi connectivity index (χ2n) is 7.58. The summed E-state index contributed by atoms with van der Waals surface area (Å²) >= 11 is 1.26. The van der Waals surface area contributed by atoms with E-state index in [2.05, 4.69) is 40.9 Å². The van der Waals surface area contributed by atoms with Crippen molar-refractivity contribution < 1.29 is 14.1 Å². The summed E-state index contributed by atoms with van der Waals surface area (Å²) in [7, 11) is 3.61. The van der Waals surface area contributed by atoms with Gasteiger partial charge in [0.15, 0.2) is 0 Å². The van der Waals surface area contributed by atoms with E-state index in [0.29, 0.717) is 16.5 Å². The molecular formula is C22H23N6O2S+. The van der Waals surface area contributed by atoms with Crippen LogP contribution in [-0.2, 0) is 17.6 Å². The van der Waals surface area contributed by atoms with Gasteiger partial charge in [0, 0.05) is 5.69 Å². The lowest BCUT2D eigenvalue weighted by Gasteiger charge is -2.25. The van der Waals surface area contributed by atoms with E-state index in [0.717, 1.165) is 30.5 Å². The van der Waals surface area contributed by atoms with Crippen LogP contribution in [0.2, 0.25) is 0 Å². The van der Waals surface area contributed by atoms with Crippen LogP contribution >= 0.6 is 11.8 Å². The van der Waals surface area contributed by atoms with Gasteiger partial charge in [-0.1, -0.05) is 42.1 Å². The molecule has 3 aromatic rings. The molecule has 0 spiro atoms.